The van der Waals surface area contributed by atoms with Gasteiger partial charge in [-0.15, -0.1) is 0 Å². The number of esters is 1. The number of carbonyl (C=O) groups is 2. The van der Waals surface area contributed by atoms with Gasteiger partial charge in [-0.25, -0.2) is 9.36 Å². The summed E-state index contributed by atoms with van der Waals surface area (Å²) in [5.74, 6) is -0.513. The van der Waals surface area contributed by atoms with Crippen LogP contribution in [0.15, 0.2) is 30.6 Å². The predicted molar refractivity (Wildman–Crippen MR) is 150 cm³/mol. The molecule has 7 heteroatoms. The number of unbranched alkanes of at least 4 members (excludes halogenated alkanes) is 15. The summed E-state index contributed by atoms with van der Waals surface area (Å²) in [7, 11) is 0. The van der Waals surface area contributed by atoms with Gasteiger partial charge in [0.25, 0.3) is 6.29 Å². The maximum atomic E-state index is 11.9. The van der Waals surface area contributed by atoms with Crippen molar-refractivity contribution < 1.29 is 33.1 Å². The first kappa shape index (κ1) is 33.9. The monoisotopic (exact) mass is 536 g/mol. The lowest BCUT2D eigenvalue weighted by Crippen LogP contribution is -2.35. The molecule has 0 aliphatic heterocycles. The summed E-state index contributed by atoms with van der Waals surface area (Å²) >= 11 is 0. The second-order valence-electron chi connectivity index (χ2n) is 10.1. The minimum Gasteiger partial charge on any atom is -0.427 e. The Balaban J connectivity index is 1.93. The summed E-state index contributed by atoms with van der Waals surface area (Å²) in [6, 6.07) is 5.71. The average Bonchev–Trinajstić information content (AvgIpc) is 2.90. The van der Waals surface area contributed by atoms with Crippen LogP contribution >= 0.6 is 0 Å². The molecule has 1 heterocycles. The molecule has 38 heavy (non-hydrogen) atoms. The highest BCUT2D eigenvalue weighted by molar-refractivity contribution is 5.66. The van der Waals surface area contributed by atoms with Crippen LogP contribution in [0.3, 0.4) is 0 Å². The van der Waals surface area contributed by atoms with E-state index in [0.717, 1.165) is 12.8 Å². The smallest absolute Gasteiger partial charge is 0.427 e. The van der Waals surface area contributed by atoms with E-state index in [2.05, 4.69) is 6.92 Å². The first-order chi connectivity index (χ1) is 18.6. The molecule has 1 aromatic rings. The number of pyridine rings is 1. The molecule has 1 aromatic heterocycles. The highest BCUT2D eigenvalue weighted by Crippen LogP contribution is 2.14. The van der Waals surface area contributed by atoms with Crippen LogP contribution in [0.1, 0.15) is 123 Å². The van der Waals surface area contributed by atoms with E-state index in [9.17, 15) is 9.59 Å². The molecule has 0 fully saturated rings. The van der Waals surface area contributed by atoms with E-state index in [1.54, 1.807) is 0 Å². The fourth-order valence-corrected chi connectivity index (χ4v) is 4.32. The van der Waals surface area contributed by atoms with Gasteiger partial charge in [0, 0.05) is 32.1 Å². The van der Waals surface area contributed by atoms with Gasteiger partial charge in [0.05, 0.1) is 6.61 Å². The van der Waals surface area contributed by atoms with Crippen molar-refractivity contribution in [3.05, 3.63) is 30.6 Å². The topological polar surface area (TPSA) is 74.9 Å². The summed E-state index contributed by atoms with van der Waals surface area (Å²) < 4.78 is 22.9. The molecule has 0 aliphatic carbocycles. The maximum Gasteiger partial charge on any atom is 0.511 e. The van der Waals surface area contributed by atoms with Crippen molar-refractivity contribution >= 4 is 12.1 Å². The zero-order valence-corrected chi connectivity index (χ0v) is 24.2. The van der Waals surface area contributed by atoms with E-state index in [1.807, 2.05) is 35.2 Å². The highest BCUT2D eigenvalue weighted by atomic mass is 16.8. The minimum absolute atomic E-state index is 0.163. The lowest BCUT2D eigenvalue weighted by Gasteiger charge is -2.17. The summed E-state index contributed by atoms with van der Waals surface area (Å²) in [6.45, 7) is 5.24. The minimum atomic E-state index is -1.00. The number of hydrogen-bond acceptors (Lipinski definition) is 6. The number of nitrogens with zero attached hydrogens (tertiary/aromatic N) is 1. The molecule has 1 atom stereocenters. The average molecular weight is 537 g/mol. The first-order valence-electron chi connectivity index (χ1n) is 15.1. The lowest BCUT2D eigenvalue weighted by molar-refractivity contribution is -0.698. The highest BCUT2D eigenvalue weighted by Gasteiger charge is 2.19. The van der Waals surface area contributed by atoms with E-state index in [0.29, 0.717) is 19.8 Å². The van der Waals surface area contributed by atoms with Crippen molar-refractivity contribution in [2.24, 2.45) is 0 Å². The largest absolute Gasteiger partial charge is 0.511 e. The van der Waals surface area contributed by atoms with E-state index in [1.165, 1.54) is 96.8 Å². The third-order valence-corrected chi connectivity index (χ3v) is 6.51. The molecule has 0 amide bonds. The number of ether oxygens (including phenoxy) is 4. The van der Waals surface area contributed by atoms with Gasteiger partial charge in [0.2, 0.25) is 0 Å². The van der Waals surface area contributed by atoms with Gasteiger partial charge in [-0.05, 0) is 6.42 Å². The molecule has 0 N–H and O–H groups in total. The van der Waals surface area contributed by atoms with Crippen LogP contribution in [0.25, 0.3) is 0 Å². The Kier molecular flexibility index (Phi) is 22.4. The van der Waals surface area contributed by atoms with Gasteiger partial charge >= 0.3 is 12.1 Å². The Morgan fingerprint density at radius 3 is 1.71 bits per heavy atom. The summed E-state index contributed by atoms with van der Waals surface area (Å²) in [4.78, 5) is 23.3. The van der Waals surface area contributed by atoms with Crippen LogP contribution < -0.4 is 4.57 Å². The fourth-order valence-electron chi connectivity index (χ4n) is 4.32. The zero-order chi connectivity index (χ0) is 27.5. The lowest BCUT2D eigenvalue weighted by atomic mass is 10.0. The third-order valence-electron chi connectivity index (χ3n) is 6.51. The van der Waals surface area contributed by atoms with Gasteiger partial charge in [-0.1, -0.05) is 109 Å². The molecule has 0 spiro atoms. The number of aromatic nitrogens is 1. The first-order valence-corrected chi connectivity index (χ1v) is 15.1. The quantitative estimate of drug-likeness (QED) is 0.0552. The molecule has 0 radical (unpaired) electrons. The Morgan fingerprint density at radius 2 is 1.18 bits per heavy atom. The Morgan fingerprint density at radius 1 is 0.658 bits per heavy atom. The normalized spacial score (nSPS) is 11.7. The van der Waals surface area contributed by atoms with Crippen molar-refractivity contribution in [3.8, 4) is 0 Å². The van der Waals surface area contributed by atoms with Crippen LogP contribution in [-0.2, 0) is 30.3 Å². The molecule has 0 aliphatic rings. The molecular formula is C31H54NO6+. The summed E-state index contributed by atoms with van der Waals surface area (Å²) in [5, 5.41) is 0. The van der Waals surface area contributed by atoms with Crippen molar-refractivity contribution in [1.82, 2.24) is 0 Å². The van der Waals surface area contributed by atoms with Gasteiger partial charge < -0.3 is 18.9 Å². The van der Waals surface area contributed by atoms with Crippen molar-refractivity contribution in [2.45, 2.75) is 136 Å². The zero-order valence-electron chi connectivity index (χ0n) is 24.2. The number of carbonyl (C=O) groups excluding carboxylic acids is 2. The van der Waals surface area contributed by atoms with Crippen LogP contribution in [0, 0.1) is 0 Å². The van der Waals surface area contributed by atoms with Crippen molar-refractivity contribution in [3.63, 3.8) is 0 Å². The predicted octanol–water partition coefficient (Wildman–Crippen LogP) is 7.68. The molecule has 0 saturated heterocycles. The Hall–Kier alpha value is -2.15. The maximum absolute atomic E-state index is 11.9. The van der Waals surface area contributed by atoms with Crippen LogP contribution in [0.2, 0.25) is 0 Å². The molecule has 218 valence electrons. The fraction of sp³-hybridized carbons (Fsp3) is 0.774. The van der Waals surface area contributed by atoms with Crippen LogP contribution in [0.5, 0.6) is 0 Å². The number of rotatable bonds is 25. The molecule has 0 aromatic carbocycles. The van der Waals surface area contributed by atoms with E-state index < -0.39 is 18.4 Å². The Bertz CT molecular complexity index is 684. The molecular weight excluding hydrogens is 482 g/mol. The van der Waals surface area contributed by atoms with Crippen molar-refractivity contribution in [1.29, 1.82) is 0 Å². The summed E-state index contributed by atoms with van der Waals surface area (Å²) in [6.07, 6.45) is 23.6. The van der Waals surface area contributed by atoms with Gasteiger partial charge in [-0.3, -0.25) is 4.79 Å². The Labute approximate surface area is 231 Å². The van der Waals surface area contributed by atoms with Gasteiger partial charge in [-0.2, -0.15) is 0 Å². The second kappa shape index (κ2) is 25.1. The van der Waals surface area contributed by atoms with Crippen LogP contribution in [-0.4, -0.2) is 38.2 Å². The molecule has 1 rings (SSSR count). The van der Waals surface area contributed by atoms with Gasteiger partial charge in [0.15, 0.2) is 25.5 Å². The molecule has 0 saturated carbocycles. The van der Waals surface area contributed by atoms with E-state index >= 15 is 0 Å². The van der Waals surface area contributed by atoms with E-state index in [4.69, 9.17) is 18.9 Å². The third kappa shape index (κ3) is 21.9. The number of hydrogen-bond donors (Lipinski definition) is 0. The summed E-state index contributed by atoms with van der Waals surface area (Å²) in [5.41, 5.74) is 0. The SMILES string of the molecule is CCCCCCCCCCCCCCCCCCOCC[C@@H](OC(C)=O)OC(=O)OCC[n+]1ccccc1. The molecule has 0 bridgehead atoms. The van der Waals surface area contributed by atoms with Gasteiger partial charge in [0.1, 0.15) is 0 Å². The second-order valence-corrected chi connectivity index (χ2v) is 10.1. The van der Waals surface area contributed by atoms with Crippen molar-refractivity contribution in [2.75, 3.05) is 19.8 Å². The molecule has 7 nitrogen and oxygen atoms in total. The molecule has 0 unspecified atom stereocenters. The van der Waals surface area contributed by atoms with Crippen LogP contribution in [0.4, 0.5) is 4.79 Å². The van der Waals surface area contributed by atoms with E-state index in [-0.39, 0.29) is 13.0 Å². The standard InChI is InChI=1S/C31H54NO6/c1-3-4-5-6-7-8-9-10-11-12-13-14-15-16-17-21-26-35-27-22-30(37-29(2)33)38-31(34)36-28-25-32-23-19-18-20-24-32/h18-20,23-24,30H,3-17,21-22,25-28H2,1-2H3/q+1/t30-/m0/s1.